The van der Waals surface area contributed by atoms with Crippen molar-refractivity contribution in [3.63, 3.8) is 0 Å². The van der Waals surface area contributed by atoms with Gasteiger partial charge in [-0.3, -0.25) is 9.10 Å². The molecule has 1 N–H and O–H groups in total. The molecule has 3 aromatic carbocycles. The van der Waals surface area contributed by atoms with Crippen molar-refractivity contribution in [2.45, 2.75) is 11.8 Å². The molecule has 0 bridgehead atoms. The topological polar surface area (TPSA) is 97.3 Å². The number of hydrogen-bond acceptors (Lipinski definition) is 6. The Morgan fingerprint density at radius 3 is 2.32 bits per heavy atom. The van der Waals surface area contributed by atoms with E-state index in [1.54, 1.807) is 48.5 Å². The summed E-state index contributed by atoms with van der Waals surface area (Å²) in [6.07, 6.45) is 1.43. The Morgan fingerprint density at radius 1 is 1.03 bits per heavy atom. The molecule has 0 radical (unpaired) electrons. The van der Waals surface area contributed by atoms with Crippen LogP contribution in [-0.2, 0) is 14.8 Å². The number of carbonyl (C=O) groups is 1. The van der Waals surface area contributed by atoms with Crippen molar-refractivity contribution in [2.75, 3.05) is 25.1 Å². The van der Waals surface area contributed by atoms with E-state index in [1.807, 2.05) is 6.92 Å². The van der Waals surface area contributed by atoms with E-state index in [0.717, 1.165) is 9.87 Å². The number of anilines is 1. The fourth-order valence-corrected chi connectivity index (χ4v) is 4.58. The number of halogens is 1. The minimum Gasteiger partial charge on any atom is -0.497 e. The van der Waals surface area contributed by atoms with E-state index in [4.69, 9.17) is 21.1 Å². The van der Waals surface area contributed by atoms with Gasteiger partial charge in [-0.15, -0.1) is 0 Å². The van der Waals surface area contributed by atoms with Crippen molar-refractivity contribution in [3.8, 4) is 11.5 Å². The lowest BCUT2D eigenvalue weighted by molar-refractivity contribution is -0.119. The maximum Gasteiger partial charge on any atom is 0.264 e. The zero-order chi connectivity index (χ0) is 24.7. The SMILES string of the molecule is COc1ccc(N(CC(=O)N/N=C\c2ccc(Cl)cc2)S(=O)(=O)c2ccc(C)cc2)c(OC)c1. The minimum absolute atomic E-state index is 0.0356. The normalized spacial score (nSPS) is 11.3. The molecule has 0 fully saturated rings. The molecule has 0 aliphatic heterocycles. The van der Waals surface area contributed by atoms with Crippen molar-refractivity contribution < 1.29 is 22.7 Å². The van der Waals surface area contributed by atoms with Gasteiger partial charge in [-0.1, -0.05) is 41.4 Å². The average Bonchev–Trinajstić information content (AvgIpc) is 2.83. The summed E-state index contributed by atoms with van der Waals surface area (Å²) in [5, 5.41) is 4.49. The number of carbonyl (C=O) groups excluding carboxylic acids is 1. The third-order valence-electron chi connectivity index (χ3n) is 4.82. The maximum atomic E-state index is 13.5. The second-order valence-electron chi connectivity index (χ2n) is 7.21. The van der Waals surface area contributed by atoms with Crippen LogP contribution in [0.5, 0.6) is 11.5 Å². The number of rotatable bonds is 9. The first-order chi connectivity index (χ1) is 16.2. The number of amides is 1. The quantitative estimate of drug-likeness (QED) is 0.353. The van der Waals surface area contributed by atoms with Crippen LogP contribution in [0.1, 0.15) is 11.1 Å². The van der Waals surface area contributed by atoms with Crippen LogP contribution in [0.15, 0.2) is 76.7 Å². The molecular weight excluding hydrogens is 478 g/mol. The fraction of sp³-hybridized carbons (Fsp3) is 0.167. The molecule has 0 saturated carbocycles. The monoisotopic (exact) mass is 501 g/mol. The van der Waals surface area contributed by atoms with Crippen molar-refractivity contribution in [1.29, 1.82) is 0 Å². The number of hydrogen-bond donors (Lipinski definition) is 1. The first-order valence-corrected chi connectivity index (χ1v) is 12.0. The van der Waals surface area contributed by atoms with Crippen LogP contribution in [0.3, 0.4) is 0 Å². The van der Waals surface area contributed by atoms with Gasteiger partial charge in [-0.25, -0.2) is 13.8 Å². The van der Waals surface area contributed by atoms with Crippen LogP contribution in [-0.4, -0.2) is 41.3 Å². The van der Waals surface area contributed by atoms with Gasteiger partial charge in [0, 0.05) is 11.1 Å². The van der Waals surface area contributed by atoms with E-state index >= 15 is 0 Å². The Labute approximate surface area is 203 Å². The van der Waals surface area contributed by atoms with Gasteiger partial charge < -0.3 is 9.47 Å². The molecule has 178 valence electrons. The molecule has 3 aromatic rings. The predicted molar refractivity (Wildman–Crippen MR) is 132 cm³/mol. The highest BCUT2D eigenvalue weighted by Crippen LogP contribution is 2.35. The molecule has 8 nitrogen and oxygen atoms in total. The summed E-state index contributed by atoms with van der Waals surface area (Å²) in [5.41, 5.74) is 4.16. The van der Waals surface area contributed by atoms with Crippen molar-refractivity contribution in [2.24, 2.45) is 5.10 Å². The van der Waals surface area contributed by atoms with Gasteiger partial charge in [-0.2, -0.15) is 5.10 Å². The second kappa shape index (κ2) is 11.0. The van der Waals surface area contributed by atoms with Crippen molar-refractivity contribution in [3.05, 3.63) is 82.9 Å². The van der Waals surface area contributed by atoms with Gasteiger partial charge in [0.05, 0.1) is 31.0 Å². The Kier molecular flexibility index (Phi) is 8.14. The largest absolute Gasteiger partial charge is 0.497 e. The standard InChI is InChI=1S/C24H24ClN3O5S/c1-17-4-11-21(12-5-17)34(30,31)28(22-13-10-20(32-2)14-23(22)33-3)16-24(29)27-26-15-18-6-8-19(25)9-7-18/h4-15H,16H2,1-3H3,(H,27,29)/b26-15-. The van der Waals surface area contributed by atoms with E-state index in [9.17, 15) is 13.2 Å². The highest BCUT2D eigenvalue weighted by atomic mass is 35.5. The van der Waals surface area contributed by atoms with Gasteiger partial charge >= 0.3 is 0 Å². The summed E-state index contributed by atoms with van der Waals surface area (Å²) >= 11 is 5.86. The molecule has 34 heavy (non-hydrogen) atoms. The molecule has 0 atom stereocenters. The van der Waals surface area contributed by atoms with Gasteiger partial charge in [0.15, 0.2) is 0 Å². The summed E-state index contributed by atoms with van der Waals surface area (Å²) in [6.45, 7) is 1.32. The number of nitrogens with one attached hydrogen (secondary N) is 1. The number of ether oxygens (including phenoxy) is 2. The smallest absolute Gasteiger partial charge is 0.264 e. The van der Waals surface area contributed by atoms with E-state index in [0.29, 0.717) is 16.3 Å². The van der Waals surface area contributed by atoms with E-state index in [-0.39, 0.29) is 16.3 Å². The zero-order valence-electron chi connectivity index (χ0n) is 18.9. The van der Waals surface area contributed by atoms with Crippen LogP contribution in [0.2, 0.25) is 5.02 Å². The highest BCUT2D eigenvalue weighted by Gasteiger charge is 2.29. The highest BCUT2D eigenvalue weighted by molar-refractivity contribution is 7.92. The third kappa shape index (κ3) is 6.06. The molecule has 0 aliphatic carbocycles. The molecule has 0 saturated heterocycles. The first-order valence-electron chi connectivity index (χ1n) is 10.1. The molecule has 0 aliphatic rings. The van der Waals surface area contributed by atoms with Crippen molar-refractivity contribution in [1.82, 2.24) is 5.43 Å². The second-order valence-corrected chi connectivity index (χ2v) is 9.51. The van der Waals surface area contributed by atoms with Crippen LogP contribution < -0.4 is 19.2 Å². The van der Waals surface area contributed by atoms with Gasteiger partial charge in [-0.05, 0) is 48.9 Å². The first kappa shape index (κ1) is 25.1. The number of nitrogens with zero attached hydrogens (tertiary/aromatic N) is 2. The molecular formula is C24H24ClN3O5S. The fourth-order valence-electron chi connectivity index (χ4n) is 3.02. The predicted octanol–water partition coefficient (Wildman–Crippen LogP) is 4.01. The van der Waals surface area contributed by atoms with E-state index in [2.05, 4.69) is 10.5 Å². The summed E-state index contributed by atoms with van der Waals surface area (Å²) in [7, 11) is -1.22. The molecule has 10 heteroatoms. The Morgan fingerprint density at radius 2 is 1.71 bits per heavy atom. The van der Waals surface area contributed by atoms with Crippen LogP contribution in [0, 0.1) is 6.92 Å². The van der Waals surface area contributed by atoms with Crippen LogP contribution >= 0.6 is 11.6 Å². The van der Waals surface area contributed by atoms with E-state index < -0.39 is 22.5 Å². The number of aryl methyl sites for hydroxylation is 1. The summed E-state index contributed by atoms with van der Waals surface area (Å²) < 4.78 is 38.6. The molecule has 0 aromatic heterocycles. The Hall–Kier alpha value is -3.56. The van der Waals surface area contributed by atoms with Crippen molar-refractivity contribution >= 4 is 39.4 Å². The molecule has 0 spiro atoms. The maximum absolute atomic E-state index is 13.5. The molecule has 0 heterocycles. The number of hydrazone groups is 1. The third-order valence-corrected chi connectivity index (χ3v) is 6.85. The van der Waals surface area contributed by atoms with Gasteiger partial charge in [0.1, 0.15) is 18.0 Å². The number of sulfonamides is 1. The van der Waals surface area contributed by atoms with Gasteiger partial charge in [0.2, 0.25) is 0 Å². The van der Waals surface area contributed by atoms with E-state index in [1.165, 1.54) is 38.6 Å². The van der Waals surface area contributed by atoms with Crippen LogP contribution in [0.4, 0.5) is 5.69 Å². The lowest BCUT2D eigenvalue weighted by Gasteiger charge is -2.25. The summed E-state index contributed by atoms with van der Waals surface area (Å²) in [4.78, 5) is 12.7. The molecule has 1 amide bonds. The average molecular weight is 502 g/mol. The Balaban J connectivity index is 1.92. The lowest BCUT2D eigenvalue weighted by atomic mass is 10.2. The molecule has 3 rings (SSSR count). The lowest BCUT2D eigenvalue weighted by Crippen LogP contribution is -2.39. The van der Waals surface area contributed by atoms with Crippen LogP contribution in [0.25, 0.3) is 0 Å². The summed E-state index contributed by atoms with van der Waals surface area (Å²) in [6, 6.07) is 17.9. The zero-order valence-corrected chi connectivity index (χ0v) is 20.4. The molecule has 0 unspecified atom stereocenters. The minimum atomic E-state index is -4.11. The number of benzene rings is 3. The Bertz CT molecular complexity index is 1280. The summed E-state index contributed by atoms with van der Waals surface area (Å²) in [5.74, 6) is 0.0663. The number of methoxy groups -OCH3 is 2. The van der Waals surface area contributed by atoms with Gasteiger partial charge in [0.25, 0.3) is 15.9 Å².